The van der Waals surface area contributed by atoms with Gasteiger partial charge in [0, 0.05) is 26.1 Å². The van der Waals surface area contributed by atoms with Crippen molar-refractivity contribution in [2.45, 2.75) is 65.2 Å². The summed E-state index contributed by atoms with van der Waals surface area (Å²) >= 11 is 0. The molecule has 0 radical (unpaired) electrons. The van der Waals surface area contributed by atoms with Gasteiger partial charge in [-0.2, -0.15) is 0 Å². The summed E-state index contributed by atoms with van der Waals surface area (Å²) in [5.74, 6) is 1.26. The Bertz CT molecular complexity index is 654. The number of aromatic nitrogens is 2. The lowest BCUT2D eigenvalue weighted by Gasteiger charge is -2.33. The van der Waals surface area contributed by atoms with E-state index in [-0.39, 0.29) is 6.04 Å². The SMILES string of the molecule is Cc1nnc([C@@H](C)NCc2ccccc2CN2CCCC[C@H]2C)o1. The summed E-state index contributed by atoms with van der Waals surface area (Å²) in [6, 6.07) is 9.44. The monoisotopic (exact) mass is 328 g/mol. The van der Waals surface area contributed by atoms with Crippen LogP contribution in [0.3, 0.4) is 0 Å². The van der Waals surface area contributed by atoms with Gasteiger partial charge < -0.3 is 9.73 Å². The minimum atomic E-state index is 0.0492. The highest BCUT2D eigenvalue weighted by molar-refractivity contribution is 5.27. The van der Waals surface area contributed by atoms with Gasteiger partial charge in [-0.15, -0.1) is 10.2 Å². The van der Waals surface area contributed by atoms with E-state index in [1.807, 2.05) is 6.92 Å². The number of hydrogen-bond acceptors (Lipinski definition) is 5. The van der Waals surface area contributed by atoms with Crippen LogP contribution in [0.2, 0.25) is 0 Å². The molecule has 5 nitrogen and oxygen atoms in total. The van der Waals surface area contributed by atoms with E-state index < -0.39 is 0 Å². The predicted molar refractivity (Wildman–Crippen MR) is 94.5 cm³/mol. The molecule has 0 unspecified atom stereocenters. The minimum absolute atomic E-state index is 0.0492. The fourth-order valence-corrected chi connectivity index (χ4v) is 3.33. The van der Waals surface area contributed by atoms with Crippen LogP contribution < -0.4 is 5.32 Å². The molecule has 1 aromatic carbocycles. The van der Waals surface area contributed by atoms with Gasteiger partial charge >= 0.3 is 0 Å². The molecule has 1 aliphatic heterocycles. The summed E-state index contributed by atoms with van der Waals surface area (Å²) in [5.41, 5.74) is 2.76. The first kappa shape index (κ1) is 17.1. The first-order chi connectivity index (χ1) is 11.6. The second-order valence-corrected chi connectivity index (χ2v) is 6.85. The van der Waals surface area contributed by atoms with E-state index >= 15 is 0 Å². The number of likely N-dealkylation sites (tertiary alicyclic amines) is 1. The Morgan fingerprint density at radius 3 is 2.75 bits per heavy atom. The fraction of sp³-hybridized carbons (Fsp3) is 0.579. The number of piperidine rings is 1. The van der Waals surface area contributed by atoms with Crippen molar-refractivity contribution in [3.8, 4) is 0 Å². The Kier molecular flexibility index (Phi) is 5.63. The van der Waals surface area contributed by atoms with Gasteiger partial charge in [0.05, 0.1) is 6.04 Å². The second-order valence-electron chi connectivity index (χ2n) is 6.85. The molecule has 5 heteroatoms. The van der Waals surface area contributed by atoms with Crippen LogP contribution in [0.4, 0.5) is 0 Å². The van der Waals surface area contributed by atoms with Crippen molar-refractivity contribution in [2.24, 2.45) is 0 Å². The Morgan fingerprint density at radius 2 is 2.04 bits per heavy atom. The highest BCUT2D eigenvalue weighted by atomic mass is 16.4. The van der Waals surface area contributed by atoms with Crippen LogP contribution in [0.5, 0.6) is 0 Å². The van der Waals surface area contributed by atoms with E-state index in [0.29, 0.717) is 17.8 Å². The lowest BCUT2D eigenvalue weighted by molar-refractivity contribution is 0.152. The molecule has 1 aliphatic rings. The highest BCUT2D eigenvalue weighted by Gasteiger charge is 2.19. The topological polar surface area (TPSA) is 54.2 Å². The molecule has 2 heterocycles. The van der Waals surface area contributed by atoms with E-state index in [2.05, 4.69) is 58.5 Å². The molecule has 130 valence electrons. The summed E-state index contributed by atoms with van der Waals surface area (Å²) < 4.78 is 5.51. The van der Waals surface area contributed by atoms with Crippen LogP contribution >= 0.6 is 0 Å². The van der Waals surface area contributed by atoms with Gasteiger partial charge in [-0.3, -0.25) is 4.90 Å². The third kappa shape index (κ3) is 4.22. The molecule has 0 bridgehead atoms. The molecule has 0 amide bonds. The van der Waals surface area contributed by atoms with E-state index in [4.69, 9.17) is 4.42 Å². The molecule has 1 N–H and O–H groups in total. The number of nitrogens with one attached hydrogen (secondary N) is 1. The van der Waals surface area contributed by atoms with Gasteiger partial charge in [-0.1, -0.05) is 30.7 Å². The van der Waals surface area contributed by atoms with Gasteiger partial charge in [0.2, 0.25) is 11.8 Å². The molecule has 3 rings (SSSR count). The van der Waals surface area contributed by atoms with Crippen LogP contribution in [-0.4, -0.2) is 27.7 Å². The number of hydrogen-bond donors (Lipinski definition) is 1. The third-order valence-corrected chi connectivity index (χ3v) is 4.94. The summed E-state index contributed by atoms with van der Waals surface area (Å²) in [5, 5.41) is 11.5. The lowest BCUT2D eigenvalue weighted by atomic mass is 10.0. The standard InChI is InChI=1S/C19H28N4O/c1-14-8-6-7-11-23(14)13-18-10-5-4-9-17(18)12-20-15(2)19-22-21-16(3)24-19/h4-5,9-10,14-15,20H,6-8,11-13H2,1-3H3/t14-,15-/m1/s1. The van der Waals surface area contributed by atoms with Gasteiger partial charge in [0.25, 0.3) is 0 Å². The van der Waals surface area contributed by atoms with Crippen molar-refractivity contribution < 1.29 is 4.42 Å². The van der Waals surface area contributed by atoms with Gasteiger partial charge in [-0.25, -0.2) is 0 Å². The Labute approximate surface area is 144 Å². The lowest BCUT2D eigenvalue weighted by Crippen LogP contribution is -2.37. The molecule has 0 aliphatic carbocycles. The minimum Gasteiger partial charge on any atom is -0.424 e. The zero-order valence-corrected chi connectivity index (χ0v) is 15.0. The average molecular weight is 328 g/mol. The first-order valence-electron chi connectivity index (χ1n) is 8.97. The quantitative estimate of drug-likeness (QED) is 0.878. The average Bonchev–Trinajstić information content (AvgIpc) is 3.02. The normalized spacial score (nSPS) is 20.2. The predicted octanol–water partition coefficient (Wildman–Crippen LogP) is 3.60. The fourth-order valence-electron chi connectivity index (χ4n) is 3.33. The maximum atomic E-state index is 5.51. The smallest absolute Gasteiger partial charge is 0.233 e. The highest BCUT2D eigenvalue weighted by Crippen LogP contribution is 2.21. The van der Waals surface area contributed by atoms with E-state index in [0.717, 1.165) is 13.1 Å². The second kappa shape index (κ2) is 7.90. The van der Waals surface area contributed by atoms with Crippen molar-refractivity contribution in [2.75, 3.05) is 6.54 Å². The molecular formula is C19H28N4O. The number of rotatable bonds is 6. The molecule has 2 atom stereocenters. The molecule has 1 saturated heterocycles. The molecule has 0 saturated carbocycles. The van der Waals surface area contributed by atoms with Crippen LogP contribution in [0.1, 0.15) is 62.1 Å². The Hall–Kier alpha value is -1.72. The molecule has 0 spiro atoms. The first-order valence-corrected chi connectivity index (χ1v) is 8.97. The molecule has 24 heavy (non-hydrogen) atoms. The maximum Gasteiger partial charge on any atom is 0.233 e. The summed E-state index contributed by atoms with van der Waals surface area (Å²) in [4.78, 5) is 2.60. The van der Waals surface area contributed by atoms with Crippen molar-refractivity contribution >= 4 is 0 Å². The number of nitrogens with zero attached hydrogens (tertiary/aromatic N) is 3. The molecule has 1 aromatic heterocycles. The summed E-state index contributed by atoms with van der Waals surface area (Å²) in [6.45, 7) is 9.27. The van der Waals surface area contributed by atoms with Crippen LogP contribution in [0.25, 0.3) is 0 Å². The van der Waals surface area contributed by atoms with Gasteiger partial charge in [0.15, 0.2) is 0 Å². The van der Waals surface area contributed by atoms with Gasteiger partial charge in [0.1, 0.15) is 0 Å². The largest absolute Gasteiger partial charge is 0.424 e. The molecular weight excluding hydrogens is 300 g/mol. The third-order valence-electron chi connectivity index (χ3n) is 4.94. The zero-order valence-electron chi connectivity index (χ0n) is 15.0. The number of benzene rings is 1. The Balaban J connectivity index is 1.63. The van der Waals surface area contributed by atoms with Crippen molar-refractivity contribution in [1.82, 2.24) is 20.4 Å². The molecule has 1 fully saturated rings. The van der Waals surface area contributed by atoms with Crippen LogP contribution in [0, 0.1) is 6.92 Å². The maximum absolute atomic E-state index is 5.51. The van der Waals surface area contributed by atoms with Crippen molar-refractivity contribution in [3.63, 3.8) is 0 Å². The Morgan fingerprint density at radius 1 is 1.25 bits per heavy atom. The van der Waals surface area contributed by atoms with Crippen molar-refractivity contribution in [3.05, 3.63) is 47.2 Å². The van der Waals surface area contributed by atoms with Crippen molar-refractivity contribution in [1.29, 1.82) is 0 Å². The number of aryl methyl sites for hydroxylation is 1. The van der Waals surface area contributed by atoms with Gasteiger partial charge in [-0.05, 0) is 44.4 Å². The van der Waals surface area contributed by atoms with E-state index in [9.17, 15) is 0 Å². The van der Waals surface area contributed by atoms with E-state index in [1.165, 1.54) is 36.9 Å². The zero-order chi connectivity index (χ0) is 16.9. The van der Waals surface area contributed by atoms with E-state index in [1.54, 1.807) is 0 Å². The van der Waals surface area contributed by atoms with Crippen LogP contribution in [-0.2, 0) is 13.1 Å². The summed E-state index contributed by atoms with van der Waals surface area (Å²) in [6.07, 6.45) is 3.99. The summed E-state index contributed by atoms with van der Waals surface area (Å²) in [7, 11) is 0. The van der Waals surface area contributed by atoms with Crippen LogP contribution in [0.15, 0.2) is 28.7 Å². The molecule has 2 aromatic rings.